The second-order valence-corrected chi connectivity index (χ2v) is 5.80. The van der Waals surface area contributed by atoms with Crippen LogP contribution in [0.5, 0.6) is 0 Å². The Hall–Kier alpha value is -0.190. The summed E-state index contributed by atoms with van der Waals surface area (Å²) in [5, 5.41) is 3.96. The van der Waals surface area contributed by atoms with E-state index in [2.05, 4.69) is 35.4 Å². The average Bonchev–Trinajstić information content (AvgIpc) is 2.35. The number of nitrogens with one attached hydrogen (secondary N) is 1. The van der Waals surface area contributed by atoms with Gasteiger partial charge >= 0.3 is 0 Å². The summed E-state index contributed by atoms with van der Waals surface area (Å²) in [4.78, 5) is 7.90. The molecule has 0 fully saturated rings. The Bertz CT molecular complexity index is 361. The van der Waals surface area contributed by atoms with Crippen LogP contribution in [0.4, 0.5) is 5.82 Å². The van der Waals surface area contributed by atoms with Crippen molar-refractivity contribution in [2.24, 2.45) is 0 Å². The summed E-state index contributed by atoms with van der Waals surface area (Å²) in [5.41, 5.74) is 0. The number of anilines is 1. The van der Waals surface area contributed by atoms with E-state index in [0.29, 0.717) is 10.8 Å². The van der Waals surface area contributed by atoms with Gasteiger partial charge in [0.15, 0.2) is 0 Å². The van der Waals surface area contributed by atoms with Crippen LogP contribution in [0.25, 0.3) is 0 Å². The number of rotatable bonds is 6. The minimum atomic E-state index is 0.208. The smallest absolute Gasteiger partial charge is 0.224 e. The Kier molecular flexibility index (Phi) is 5.83. The molecule has 1 aromatic rings. The molecule has 0 aliphatic rings. The number of nitrogens with zero attached hydrogens (tertiary/aromatic N) is 2. The lowest BCUT2D eigenvalue weighted by Gasteiger charge is -2.30. The van der Waals surface area contributed by atoms with E-state index in [1.807, 2.05) is 11.8 Å². The molecule has 0 atom stereocenters. The van der Waals surface area contributed by atoms with E-state index in [4.69, 9.17) is 23.2 Å². The van der Waals surface area contributed by atoms with Crippen LogP contribution in [0, 0.1) is 0 Å². The average molecular weight is 294 g/mol. The normalized spacial score (nSPS) is 11.6. The van der Waals surface area contributed by atoms with E-state index in [9.17, 15) is 0 Å². The van der Waals surface area contributed by atoms with Gasteiger partial charge in [0.25, 0.3) is 0 Å². The summed E-state index contributed by atoms with van der Waals surface area (Å²) in [7, 11) is 0. The van der Waals surface area contributed by atoms with Crippen LogP contribution in [-0.4, -0.2) is 27.5 Å². The van der Waals surface area contributed by atoms with Crippen molar-refractivity contribution in [3.8, 4) is 0 Å². The summed E-state index contributed by atoms with van der Waals surface area (Å²) in [6.07, 6.45) is 5.82. The zero-order valence-electron chi connectivity index (χ0n) is 10.3. The van der Waals surface area contributed by atoms with Gasteiger partial charge < -0.3 is 5.32 Å². The van der Waals surface area contributed by atoms with Crippen molar-refractivity contribution in [3.05, 3.63) is 16.5 Å². The van der Waals surface area contributed by atoms with Gasteiger partial charge in [0.2, 0.25) is 5.28 Å². The quantitative estimate of drug-likeness (QED) is 0.801. The Balaban J connectivity index is 2.75. The predicted molar refractivity (Wildman–Crippen MR) is 77.4 cm³/mol. The molecule has 0 spiro atoms. The third-order valence-electron chi connectivity index (χ3n) is 3.01. The molecule has 0 aliphatic heterocycles. The lowest BCUT2D eigenvalue weighted by atomic mass is 10.0. The van der Waals surface area contributed by atoms with Crippen LogP contribution in [-0.2, 0) is 0 Å². The molecule has 0 aliphatic carbocycles. The fraction of sp³-hybridized carbons (Fsp3) is 0.636. The van der Waals surface area contributed by atoms with Gasteiger partial charge in [-0.3, -0.25) is 0 Å². The number of hydrogen-bond acceptors (Lipinski definition) is 4. The summed E-state index contributed by atoms with van der Waals surface area (Å²) in [5.74, 6) is 0.604. The standard InChI is InChI=1S/C11H17Cl2N3S/c1-4-11(5-2,17-3)7-15-9-8(12)6-14-10(13)16-9/h6H,4-5,7H2,1-3H3,(H,14,15,16). The molecule has 0 bridgehead atoms. The van der Waals surface area contributed by atoms with Crippen LogP contribution < -0.4 is 5.32 Å². The highest BCUT2D eigenvalue weighted by molar-refractivity contribution is 8.00. The molecule has 1 aromatic heterocycles. The summed E-state index contributed by atoms with van der Waals surface area (Å²) in [6, 6.07) is 0. The van der Waals surface area contributed by atoms with Crippen molar-refractivity contribution in [2.75, 3.05) is 18.1 Å². The molecular weight excluding hydrogens is 277 g/mol. The fourth-order valence-electron chi connectivity index (χ4n) is 1.58. The number of aromatic nitrogens is 2. The van der Waals surface area contributed by atoms with Crippen molar-refractivity contribution in [2.45, 2.75) is 31.4 Å². The van der Waals surface area contributed by atoms with Crippen molar-refractivity contribution in [1.29, 1.82) is 0 Å². The highest BCUT2D eigenvalue weighted by Crippen LogP contribution is 2.31. The first-order valence-corrected chi connectivity index (χ1v) is 7.52. The first-order valence-electron chi connectivity index (χ1n) is 5.54. The van der Waals surface area contributed by atoms with Gasteiger partial charge in [-0.2, -0.15) is 16.7 Å². The number of thioether (sulfide) groups is 1. The Labute approximate surface area is 117 Å². The zero-order chi connectivity index (χ0) is 12.9. The van der Waals surface area contributed by atoms with E-state index >= 15 is 0 Å². The minimum absolute atomic E-state index is 0.208. The molecule has 0 aromatic carbocycles. The lowest BCUT2D eigenvalue weighted by molar-refractivity contribution is 0.574. The van der Waals surface area contributed by atoms with Crippen molar-refractivity contribution in [3.63, 3.8) is 0 Å². The molecule has 0 unspecified atom stereocenters. The number of halogens is 2. The van der Waals surface area contributed by atoms with Crippen LogP contribution in [0.3, 0.4) is 0 Å². The SMILES string of the molecule is CCC(CC)(CNc1nc(Cl)ncc1Cl)SC. The molecule has 17 heavy (non-hydrogen) atoms. The molecule has 0 amide bonds. The van der Waals surface area contributed by atoms with Gasteiger partial charge in [-0.25, -0.2) is 4.98 Å². The molecule has 1 heterocycles. The van der Waals surface area contributed by atoms with E-state index in [1.165, 1.54) is 6.20 Å². The van der Waals surface area contributed by atoms with Crippen molar-refractivity contribution >= 4 is 40.8 Å². The van der Waals surface area contributed by atoms with Crippen LogP contribution >= 0.6 is 35.0 Å². The predicted octanol–water partition coefficient (Wildman–Crippen LogP) is 4.12. The maximum Gasteiger partial charge on any atom is 0.224 e. The highest BCUT2D eigenvalue weighted by Gasteiger charge is 2.25. The van der Waals surface area contributed by atoms with Gasteiger partial charge in [0.1, 0.15) is 10.8 Å². The molecular formula is C11H17Cl2N3S. The summed E-state index contributed by atoms with van der Waals surface area (Å²) >= 11 is 13.6. The van der Waals surface area contributed by atoms with Crippen LogP contribution in [0.15, 0.2) is 6.20 Å². The van der Waals surface area contributed by atoms with Gasteiger partial charge in [0, 0.05) is 11.3 Å². The van der Waals surface area contributed by atoms with Gasteiger partial charge in [-0.05, 0) is 30.7 Å². The summed E-state index contributed by atoms with van der Waals surface area (Å²) < 4.78 is 0.209. The van der Waals surface area contributed by atoms with Gasteiger partial charge in [-0.15, -0.1) is 0 Å². The summed E-state index contributed by atoms with van der Waals surface area (Å²) in [6.45, 7) is 5.20. The molecule has 1 N–H and O–H groups in total. The first kappa shape index (κ1) is 14.9. The molecule has 96 valence electrons. The fourth-order valence-corrected chi connectivity index (χ4v) is 2.66. The topological polar surface area (TPSA) is 37.8 Å². The lowest BCUT2D eigenvalue weighted by Crippen LogP contribution is -2.32. The maximum absolute atomic E-state index is 6.00. The Morgan fingerprint density at radius 2 is 2.00 bits per heavy atom. The third-order valence-corrected chi connectivity index (χ3v) is 5.06. The molecule has 1 rings (SSSR count). The molecule has 0 saturated carbocycles. The van der Waals surface area contributed by atoms with Crippen LogP contribution in [0.1, 0.15) is 26.7 Å². The van der Waals surface area contributed by atoms with E-state index in [-0.39, 0.29) is 10.0 Å². The van der Waals surface area contributed by atoms with Gasteiger partial charge in [-0.1, -0.05) is 25.4 Å². The van der Waals surface area contributed by atoms with Crippen molar-refractivity contribution < 1.29 is 0 Å². The monoisotopic (exact) mass is 293 g/mol. The molecule has 0 radical (unpaired) electrons. The van der Waals surface area contributed by atoms with Crippen molar-refractivity contribution in [1.82, 2.24) is 9.97 Å². The number of hydrogen-bond donors (Lipinski definition) is 1. The largest absolute Gasteiger partial charge is 0.367 e. The third kappa shape index (κ3) is 3.90. The van der Waals surface area contributed by atoms with E-state index < -0.39 is 0 Å². The highest BCUT2D eigenvalue weighted by atomic mass is 35.5. The first-order chi connectivity index (χ1) is 8.06. The molecule has 6 heteroatoms. The second kappa shape index (κ2) is 6.66. The van der Waals surface area contributed by atoms with Gasteiger partial charge in [0.05, 0.1) is 6.20 Å². The Morgan fingerprint density at radius 3 is 2.53 bits per heavy atom. The minimum Gasteiger partial charge on any atom is -0.367 e. The van der Waals surface area contributed by atoms with E-state index in [0.717, 1.165) is 19.4 Å². The second-order valence-electron chi connectivity index (χ2n) is 3.78. The van der Waals surface area contributed by atoms with Crippen LogP contribution in [0.2, 0.25) is 10.3 Å². The Morgan fingerprint density at radius 1 is 1.35 bits per heavy atom. The molecule has 0 saturated heterocycles. The van der Waals surface area contributed by atoms with E-state index in [1.54, 1.807) is 0 Å². The zero-order valence-corrected chi connectivity index (χ0v) is 12.6. The molecule has 3 nitrogen and oxygen atoms in total. The maximum atomic E-state index is 6.00.